The molecule has 0 spiro atoms. The molecular formula is C33H31Cl2FN2O6. The van der Waals surface area contributed by atoms with E-state index in [1.165, 1.54) is 36.3 Å². The summed E-state index contributed by atoms with van der Waals surface area (Å²) in [6.07, 6.45) is 6.48. The van der Waals surface area contributed by atoms with Crippen LogP contribution in [-0.2, 0) is 19.2 Å². The number of rotatable bonds is 4. The molecule has 2 aromatic rings. The maximum Gasteiger partial charge on any atom is 0.258 e. The minimum atomic E-state index is -2.08. The lowest BCUT2D eigenvalue weighted by Gasteiger charge is -2.51. The number of anilines is 1. The molecule has 44 heavy (non-hydrogen) atoms. The third-order valence-corrected chi connectivity index (χ3v) is 11.8. The molecule has 11 heteroatoms. The Hall–Kier alpha value is -3.43. The predicted octanol–water partition coefficient (Wildman–Crippen LogP) is 5.44. The first-order chi connectivity index (χ1) is 21.0. The Morgan fingerprint density at radius 3 is 2.32 bits per heavy atom. The van der Waals surface area contributed by atoms with Crippen LogP contribution in [0.4, 0.5) is 10.1 Å². The van der Waals surface area contributed by atoms with E-state index < -0.39 is 51.1 Å². The molecular weight excluding hydrogens is 610 g/mol. The van der Waals surface area contributed by atoms with Gasteiger partial charge >= 0.3 is 0 Å². The Bertz CT molecular complexity index is 1620. The SMILES string of the molecule is COc1cc(O)ccc1[C@H]1C2=CC[C@@H]3C(=O)N(C4CCCCC4)C(=O)[C@@H]3[C@@H]2C[C@@]2(Cl)C(=O)N(c3ccc(F)cc3)C(=O)[C@@]12Cl. The summed E-state index contributed by atoms with van der Waals surface area (Å²) in [4.78, 5) is 55.0. The van der Waals surface area contributed by atoms with Gasteiger partial charge in [0.15, 0.2) is 9.75 Å². The number of hydrogen-bond donors (Lipinski definition) is 1. The smallest absolute Gasteiger partial charge is 0.258 e. The van der Waals surface area contributed by atoms with Gasteiger partial charge in [-0.05, 0) is 61.9 Å². The van der Waals surface area contributed by atoms with Gasteiger partial charge in [-0.1, -0.05) is 37.0 Å². The molecule has 0 radical (unpaired) electrons. The lowest BCUT2D eigenvalue weighted by molar-refractivity contribution is -0.143. The van der Waals surface area contributed by atoms with Crippen molar-refractivity contribution in [1.82, 2.24) is 4.90 Å². The third-order valence-electron chi connectivity index (χ3n) is 10.4. The van der Waals surface area contributed by atoms with Crippen LogP contribution in [0, 0.1) is 23.6 Å². The van der Waals surface area contributed by atoms with Gasteiger partial charge < -0.3 is 9.84 Å². The number of carbonyl (C=O) groups is 4. The topological polar surface area (TPSA) is 104 Å². The number of imide groups is 2. The summed E-state index contributed by atoms with van der Waals surface area (Å²) >= 11 is 14.8. The van der Waals surface area contributed by atoms with Gasteiger partial charge in [-0.3, -0.25) is 24.1 Å². The molecule has 230 valence electrons. The number of benzene rings is 2. The quantitative estimate of drug-likeness (QED) is 0.271. The molecule has 2 aromatic carbocycles. The maximum absolute atomic E-state index is 14.4. The Kier molecular flexibility index (Phi) is 6.86. The van der Waals surface area contributed by atoms with Crippen LogP contribution in [0.2, 0.25) is 0 Å². The van der Waals surface area contributed by atoms with Gasteiger partial charge in [-0.15, -0.1) is 23.2 Å². The molecule has 4 amide bonds. The summed E-state index contributed by atoms with van der Waals surface area (Å²) in [5.74, 6) is -5.55. The lowest BCUT2D eigenvalue weighted by Crippen LogP contribution is -2.60. The molecule has 3 aliphatic carbocycles. The van der Waals surface area contributed by atoms with Crippen LogP contribution in [0.25, 0.3) is 0 Å². The molecule has 2 saturated carbocycles. The summed E-state index contributed by atoms with van der Waals surface area (Å²) in [6.45, 7) is 0. The second-order valence-electron chi connectivity index (χ2n) is 12.5. The molecule has 6 atom stereocenters. The second-order valence-corrected chi connectivity index (χ2v) is 13.8. The van der Waals surface area contributed by atoms with Crippen LogP contribution >= 0.6 is 23.2 Å². The fourth-order valence-electron chi connectivity index (χ4n) is 8.41. The lowest BCUT2D eigenvalue weighted by atomic mass is 9.56. The van der Waals surface area contributed by atoms with Crippen LogP contribution in [0.5, 0.6) is 11.5 Å². The second kappa shape index (κ2) is 10.3. The number of nitrogens with zero attached hydrogens (tertiary/aromatic N) is 2. The largest absolute Gasteiger partial charge is 0.508 e. The van der Waals surface area contributed by atoms with E-state index in [1.54, 1.807) is 6.07 Å². The van der Waals surface area contributed by atoms with Gasteiger partial charge in [0, 0.05) is 23.6 Å². The number of phenols is 1. The predicted molar refractivity (Wildman–Crippen MR) is 160 cm³/mol. The number of halogens is 3. The number of fused-ring (bicyclic) bond motifs is 4. The minimum Gasteiger partial charge on any atom is -0.508 e. The Morgan fingerprint density at radius 1 is 0.932 bits per heavy atom. The van der Waals surface area contributed by atoms with E-state index in [4.69, 9.17) is 27.9 Å². The van der Waals surface area contributed by atoms with Crippen LogP contribution < -0.4 is 9.64 Å². The molecule has 8 nitrogen and oxygen atoms in total. The van der Waals surface area contributed by atoms with Crippen molar-refractivity contribution in [3.8, 4) is 11.5 Å². The normalized spacial score (nSPS) is 33.7. The Morgan fingerprint density at radius 2 is 1.64 bits per heavy atom. The van der Waals surface area contributed by atoms with Gasteiger partial charge in [-0.2, -0.15) is 0 Å². The highest BCUT2D eigenvalue weighted by atomic mass is 35.5. The highest BCUT2D eigenvalue weighted by Gasteiger charge is 2.77. The monoisotopic (exact) mass is 640 g/mol. The number of carbonyl (C=O) groups excluding carboxylic acids is 4. The molecule has 7 rings (SSSR count). The summed E-state index contributed by atoms with van der Waals surface area (Å²) in [7, 11) is 1.41. The zero-order valence-corrected chi connectivity index (χ0v) is 25.5. The Balaban J connectivity index is 1.40. The first-order valence-electron chi connectivity index (χ1n) is 15.0. The zero-order chi connectivity index (χ0) is 31.1. The first kappa shape index (κ1) is 29.3. The molecule has 0 bridgehead atoms. The maximum atomic E-state index is 14.4. The van der Waals surface area contributed by atoms with Crippen molar-refractivity contribution in [3.05, 3.63) is 65.5 Å². The summed E-state index contributed by atoms with van der Waals surface area (Å²) < 4.78 is 19.5. The standard InChI is InChI=1S/C33H31Cl2FN2O6/c1-44-25-15-20(39)11-12-22(25)27-21-13-14-23-26(29(41)37(28(23)40)18-5-3-2-4-6-18)24(21)16-32(34)30(42)38(31(43)33(27,32)35)19-9-7-17(36)8-10-19/h7-13,15,18,23-24,26-27,39H,2-6,14,16H2,1H3/t23-,24+,26-,27+,32+,33-/m0/s1. The van der Waals surface area contributed by atoms with Crippen LogP contribution in [0.1, 0.15) is 56.4 Å². The average molecular weight is 642 g/mol. The van der Waals surface area contributed by atoms with E-state index in [0.29, 0.717) is 11.1 Å². The molecule has 2 aliphatic heterocycles. The van der Waals surface area contributed by atoms with E-state index in [2.05, 4.69) is 0 Å². The fraction of sp³-hybridized carbons (Fsp3) is 0.455. The minimum absolute atomic E-state index is 0.0853. The van der Waals surface area contributed by atoms with Crippen LogP contribution in [0.15, 0.2) is 54.1 Å². The number of hydrogen-bond acceptors (Lipinski definition) is 6. The number of methoxy groups -OCH3 is 1. The highest BCUT2D eigenvalue weighted by Crippen LogP contribution is 2.66. The summed E-state index contributed by atoms with van der Waals surface area (Å²) in [6, 6.07) is 9.11. The zero-order valence-electron chi connectivity index (χ0n) is 24.0. The highest BCUT2D eigenvalue weighted by molar-refractivity contribution is 6.58. The average Bonchev–Trinajstić information content (AvgIpc) is 3.36. The van der Waals surface area contributed by atoms with Gasteiger partial charge in [0.25, 0.3) is 11.8 Å². The number of alkyl halides is 2. The van der Waals surface area contributed by atoms with Crippen molar-refractivity contribution in [2.45, 2.75) is 66.7 Å². The van der Waals surface area contributed by atoms with Crippen molar-refractivity contribution in [2.24, 2.45) is 17.8 Å². The van der Waals surface area contributed by atoms with E-state index in [-0.39, 0.29) is 47.9 Å². The summed E-state index contributed by atoms with van der Waals surface area (Å²) in [5.41, 5.74) is 1.15. The van der Waals surface area contributed by atoms with Crippen molar-refractivity contribution >= 4 is 52.5 Å². The first-order valence-corrected chi connectivity index (χ1v) is 15.7. The number of allylic oxidation sites excluding steroid dienone is 2. The van der Waals surface area contributed by atoms with Crippen molar-refractivity contribution in [1.29, 1.82) is 0 Å². The van der Waals surface area contributed by atoms with Gasteiger partial charge in [0.05, 0.1) is 24.6 Å². The van der Waals surface area contributed by atoms with Crippen molar-refractivity contribution < 1.29 is 33.4 Å². The molecule has 0 aromatic heterocycles. The summed E-state index contributed by atoms with van der Waals surface area (Å²) in [5, 5.41) is 10.2. The van der Waals surface area contributed by atoms with Gasteiger partial charge in [0.2, 0.25) is 11.8 Å². The third kappa shape index (κ3) is 3.87. The van der Waals surface area contributed by atoms with Gasteiger partial charge in [0.1, 0.15) is 17.3 Å². The van der Waals surface area contributed by atoms with Gasteiger partial charge in [-0.25, -0.2) is 9.29 Å². The van der Waals surface area contributed by atoms with Crippen LogP contribution in [0.3, 0.4) is 0 Å². The number of likely N-dealkylation sites (tertiary alicyclic amines) is 1. The Labute approximate surface area is 263 Å². The molecule has 2 saturated heterocycles. The van der Waals surface area contributed by atoms with E-state index in [0.717, 1.165) is 49.1 Å². The van der Waals surface area contributed by atoms with Crippen molar-refractivity contribution in [2.75, 3.05) is 12.0 Å². The van der Waals surface area contributed by atoms with Crippen molar-refractivity contribution in [3.63, 3.8) is 0 Å². The number of amides is 4. The number of phenolic OH excluding ortho intramolecular Hbond substituents is 1. The van der Waals surface area contributed by atoms with E-state index in [1.807, 2.05) is 6.08 Å². The van der Waals surface area contributed by atoms with E-state index >= 15 is 0 Å². The fourth-order valence-corrected chi connectivity index (χ4v) is 9.33. The molecule has 2 heterocycles. The van der Waals surface area contributed by atoms with E-state index in [9.17, 15) is 28.7 Å². The molecule has 5 aliphatic rings. The molecule has 4 fully saturated rings. The molecule has 0 unspecified atom stereocenters. The number of aromatic hydroxyl groups is 1. The van der Waals surface area contributed by atoms with Crippen LogP contribution in [-0.4, -0.2) is 56.5 Å². The number of ether oxygens (including phenoxy) is 1. The molecule has 1 N–H and O–H groups in total.